The lowest BCUT2D eigenvalue weighted by atomic mass is 10.1. The van der Waals surface area contributed by atoms with Crippen molar-refractivity contribution in [2.24, 2.45) is 0 Å². The largest absolute Gasteiger partial charge is 0.451 e. The first kappa shape index (κ1) is 19.4. The smallest absolute Gasteiger partial charge is 0.316 e. The van der Waals surface area contributed by atoms with E-state index in [1.54, 1.807) is 24.3 Å². The number of thiophene rings is 1. The number of fused-ring (bicyclic) bond motifs is 1. The van der Waals surface area contributed by atoms with Crippen LogP contribution in [0.5, 0.6) is 0 Å². The molecule has 28 heavy (non-hydrogen) atoms. The number of rotatable bonds is 5. The van der Waals surface area contributed by atoms with Crippen molar-refractivity contribution in [2.45, 2.75) is 23.5 Å². The van der Waals surface area contributed by atoms with E-state index in [4.69, 9.17) is 0 Å². The molecule has 1 saturated heterocycles. The second kappa shape index (κ2) is 7.81. The van der Waals surface area contributed by atoms with Crippen LogP contribution in [0, 0.1) is 0 Å². The molecule has 3 aromatic rings. The molecule has 3 heterocycles. The van der Waals surface area contributed by atoms with E-state index in [0.29, 0.717) is 16.2 Å². The van der Waals surface area contributed by atoms with Gasteiger partial charge in [-0.2, -0.15) is 13.2 Å². The normalized spacial score (nSPS) is 17.3. The summed E-state index contributed by atoms with van der Waals surface area (Å²) in [5, 5.41) is 3.98. The summed E-state index contributed by atoms with van der Waals surface area (Å²) < 4.78 is 39.3. The Morgan fingerprint density at radius 3 is 2.79 bits per heavy atom. The van der Waals surface area contributed by atoms with Gasteiger partial charge in [0.15, 0.2) is 5.78 Å². The summed E-state index contributed by atoms with van der Waals surface area (Å²) in [5.74, 6) is -0.836. The molecule has 9 heteroatoms. The number of hydrogen-bond donors (Lipinski definition) is 1. The first-order valence-corrected chi connectivity index (χ1v) is 10.5. The van der Waals surface area contributed by atoms with Crippen LogP contribution in [-0.2, 0) is 6.18 Å². The third-order valence-corrected chi connectivity index (χ3v) is 6.81. The van der Waals surface area contributed by atoms with Gasteiger partial charge in [0, 0.05) is 22.7 Å². The van der Waals surface area contributed by atoms with Gasteiger partial charge in [-0.3, -0.25) is 4.79 Å². The maximum atomic E-state index is 13.1. The molecule has 4 nitrogen and oxygen atoms in total. The van der Waals surface area contributed by atoms with Crippen LogP contribution in [0.3, 0.4) is 0 Å². The van der Waals surface area contributed by atoms with E-state index in [1.807, 2.05) is 6.07 Å². The van der Waals surface area contributed by atoms with Crippen molar-refractivity contribution in [3.05, 3.63) is 52.0 Å². The number of ketones is 1. The van der Waals surface area contributed by atoms with E-state index in [9.17, 15) is 18.0 Å². The van der Waals surface area contributed by atoms with Gasteiger partial charge in [-0.1, -0.05) is 30.0 Å². The minimum atomic E-state index is -4.64. The number of para-hydroxylation sites is 1. The zero-order valence-electron chi connectivity index (χ0n) is 14.6. The Bertz CT molecular complexity index is 1010. The Morgan fingerprint density at radius 1 is 1.21 bits per heavy atom. The zero-order valence-corrected chi connectivity index (χ0v) is 16.3. The number of hydrogen-bond acceptors (Lipinski definition) is 6. The van der Waals surface area contributed by atoms with E-state index in [0.717, 1.165) is 31.3 Å². The maximum absolute atomic E-state index is 13.1. The number of thioether (sulfide) groups is 1. The molecular weight excluding hydrogens is 407 g/mol. The van der Waals surface area contributed by atoms with E-state index in [2.05, 4.69) is 15.3 Å². The molecule has 0 radical (unpaired) electrons. The van der Waals surface area contributed by atoms with Crippen molar-refractivity contribution in [2.75, 3.05) is 18.8 Å². The average Bonchev–Trinajstić information content (AvgIpc) is 3.36. The van der Waals surface area contributed by atoms with Gasteiger partial charge in [0.2, 0.25) is 5.82 Å². The third-order valence-electron chi connectivity index (χ3n) is 4.53. The molecule has 0 spiro atoms. The number of benzene rings is 1. The first-order valence-electron chi connectivity index (χ1n) is 8.72. The first-order chi connectivity index (χ1) is 13.4. The molecule has 2 aromatic heterocycles. The Hall–Kier alpha value is -1.97. The van der Waals surface area contributed by atoms with Crippen LogP contribution in [0.15, 0.2) is 41.4 Å². The highest BCUT2D eigenvalue weighted by molar-refractivity contribution is 8.00. The number of alkyl halides is 3. The standard InChI is InChI=1S/C19H16F3N3OS2/c20-19(21,22)18-24-13-4-2-1-3-12(13)17(25-18)27-10-14(26)16-6-5-15(28-16)11-7-8-23-9-11/h1-6,11,23H,7-10H2. The number of aromatic nitrogens is 2. The number of carbonyl (C=O) groups excluding carboxylic acids is 1. The molecule has 0 aliphatic carbocycles. The van der Waals surface area contributed by atoms with Crippen LogP contribution in [0.2, 0.25) is 0 Å². The van der Waals surface area contributed by atoms with E-state index in [1.165, 1.54) is 22.3 Å². The predicted molar refractivity (Wildman–Crippen MR) is 104 cm³/mol. The molecule has 0 amide bonds. The monoisotopic (exact) mass is 423 g/mol. The van der Waals surface area contributed by atoms with Crippen LogP contribution in [-0.4, -0.2) is 34.6 Å². The van der Waals surface area contributed by atoms with Gasteiger partial charge in [0.25, 0.3) is 0 Å². The summed E-state index contributed by atoms with van der Waals surface area (Å²) in [6.45, 7) is 1.89. The molecule has 1 N–H and O–H groups in total. The second-order valence-electron chi connectivity index (χ2n) is 6.47. The summed E-state index contributed by atoms with van der Waals surface area (Å²) in [4.78, 5) is 21.6. The Morgan fingerprint density at radius 2 is 2.04 bits per heavy atom. The second-order valence-corrected chi connectivity index (χ2v) is 8.55. The number of carbonyl (C=O) groups is 1. The quantitative estimate of drug-likeness (QED) is 0.364. The van der Waals surface area contributed by atoms with Gasteiger partial charge in [0.05, 0.1) is 16.1 Å². The number of halogens is 3. The lowest BCUT2D eigenvalue weighted by Crippen LogP contribution is -2.12. The highest BCUT2D eigenvalue weighted by atomic mass is 32.2. The molecule has 4 rings (SSSR count). The fourth-order valence-electron chi connectivity index (χ4n) is 3.11. The predicted octanol–water partition coefficient (Wildman–Crippen LogP) is 4.76. The fraction of sp³-hybridized carbons (Fsp3) is 0.316. The van der Waals surface area contributed by atoms with Crippen LogP contribution in [0.25, 0.3) is 10.9 Å². The third kappa shape index (κ3) is 4.06. The SMILES string of the molecule is O=C(CSc1nc(C(F)(F)F)nc2ccccc12)c1ccc(C2CCNC2)s1. The Labute approximate surface area is 167 Å². The molecule has 1 aliphatic heterocycles. The minimum Gasteiger partial charge on any atom is -0.316 e. The molecule has 1 unspecified atom stereocenters. The molecule has 1 aliphatic rings. The Balaban J connectivity index is 1.54. The lowest BCUT2D eigenvalue weighted by Gasteiger charge is -2.10. The lowest BCUT2D eigenvalue weighted by molar-refractivity contribution is -0.145. The van der Waals surface area contributed by atoms with Crippen LogP contribution in [0.4, 0.5) is 13.2 Å². The van der Waals surface area contributed by atoms with Gasteiger partial charge < -0.3 is 5.32 Å². The molecule has 1 aromatic carbocycles. The van der Waals surface area contributed by atoms with Crippen molar-refractivity contribution in [3.8, 4) is 0 Å². The summed E-state index contributed by atoms with van der Waals surface area (Å²) in [6.07, 6.45) is -3.59. The summed E-state index contributed by atoms with van der Waals surface area (Å²) in [7, 11) is 0. The maximum Gasteiger partial charge on any atom is 0.451 e. The average molecular weight is 423 g/mol. The van der Waals surface area contributed by atoms with Gasteiger partial charge in [-0.25, -0.2) is 9.97 Å². The van der Waals surface area contributed by atoms with Gasteiger partial charge in [0.1, 0.15) is 5.03 Å². The molecule has 146 valence electrons. The van der Waals surface area contributed by atoms with E-state index >= 15 is 0 Å². The van der Waals surface area contributed by atoms with Crippen LogP contribution in [0.1, 0.15) is 32.7 Å². The molecule has 0 bridgehead atoms. The zero-order chi connectivity index (χ0) is 19.7. The van der Waals surface area contributed by atoms with Crippen molar-refractivity contribution in [1.29, 1.82) is 0 Å². The van der Waals surface area contributed by atoms with Gasteiger partial charge in [-0.05, 0) is 31.2 Å². The highest BCUT2D eigenvalue weighted by Crippen LogP contribution is 2.33. The number of nitrogens with zero attached hydrogens (tertiary/aromatic N) is 2. The fourth-order valence-corrected chi connectivity index (χ4v) is 5.18. The van der Waals surface area contributed by atoms with Crippen molar-refractivity contribution in [3.63, 3.8) is 0 Å². The summed E-state index contributed by atoms with van der Waals surface area (Å²) in [5.41, 5.74) is 0.215. The molecule has 1 atom stereocenters. The van der Waals surface area contributed by atoms with Crippen molar-refractivity contribution >= 4 is 39.8 Å². The molecule has 0 saturated carbocycles. The highest BCUT2D eigenvalue weighted by Gasteiger charge is 2.35. The van der Waals surface area contributed by atoms with Crippen LogP contribution >= 0.6 is 23.1 Å². The van der Waals surface area contributed by atoms with E-state index in [-0.39, 0.29) is 22.1 Å². The molecular formula is C19H16F3N3OS2. The molecule has 1 fully saturated rings. The topological polar surface area (TPSA) is 54.9 Å². The minimum absolute atomic E-state index is 0.0289. The number of nitrogens with one attached hydrogen (secondary N) is 1. The number of Topliss-reactive ketones (excluding diaryl/α,β-unsaturated/α-hetero) is 1. The Kier molecular flexibility index (Phi) is 5.39. The van der Waals surface area contributed by atoms with Crippen molar-refractivity contribution in [1.82, 2.24) is 15.3 Å². The van der Waals surface area contributed by atoms with Gasteiger partial charge >= 0.3 is 6.18 Å². The van der Waals surface area contributed by atoms with Gasteiger partial charge in [-0.15, -0.1) is 11.3 Å². The summed E-state index contributed by atoms with van der Waals surface area (Å²) >= 11 is 2.49. The van der Waals surface area contributed by atoms with Crippen molar-refractivity contribution < 1.29 is 18.0 Å². The van der Waals surface area contributed by atoms with E-state index < -0.39 is 12.0 Å². The summed E-state index contributed by atoms with van der Waals surface area (Å²) in [6, 6.07) is 10.3. The van der Waals surface area contributed by atoms with Crippen LogP contribution < -0.4 is 5.32 Å².